The van der Waals surface area contributed by atoms with E-state index in [9.17, 15) is 4.79 Å². The van der Waals surface area contributed by atoms with Gasteiger partial charge in [0.2, 0.25) is 0 Å². The first-order chi connectivity index (χ1) is 8.74. The van der Waals surface area contributed by atoms with E-state index in [1.165, 1.54) is 0 Å². The van der Waals surface area contributed by atoms with Gasteiger partial charge in [-0.15, -0.1) is 0 Å². The molecule has 6 heteroatoms. The van der Waals surface area contributed by atoms with E-state index in [-0.39, 0.29) is 12.0 Å². The van der Waals surface area contributed by atoms with Crippen LogP contribution in [0.1, 0.15) is 32.3 Å². The van der Waals surface area contributed by atoms with E-state index in [0.717, 1.165) is 5.69 Å². The molecule has 1 aromatic heterocycles. The molecule has 1 heterocycles. The Bertz CT molecular complexity index is 455. The van der Waals surface area contributed by atoms with Crippen LogP contribution in [0.4, 0.5) is 5.82 Å². The SMILES string of the molecule is COCc1cc(N(C)CC(=O)O)nc(C(C)(C)C)n1. The van der Waals surface area contributed by atoms with Crippen LogP contribution < -0.4 is 4.90 Å². The summed E-state index contributed by atoms with van der Waals surface area (Å²) in [6, 6.07) is 1.75. The molecule has 0 aliphatic carbocycles. The largest absolute Gasteiger partial charge is 0.480 e. The standard InChI is InChI=1S/C13H21N3O3/c1-13(2,3)12-14-9(8-19-5)6-10(15-12)16(4)7-11(17)18/h6H,7-8H2,1-5H3,(H,17,18). The number of carboxylic acids is 1. The Labute approximate surface area is 113 Å². The molecule has 0 unspecified atom stereocenters. The maximum Gasteiger partial charge on any atom is 0.323 e. The maximum atomic E-state index is 10.8. The van der Waals surface area contributed by atoms with Crippen molar-refractivity contribution in [2.24, 2.45) is 0 Å². The van der Waals surface area contributed by atoms with Crippen molar-refractivity contribution < 1.29 is 14.6 Å². The smallest absolute Gasteiger partial charge is 0.323 e. The third kappa shape index (κ3) is 4.48. The van der Waals surface area contributed by atoms with Gasteiger partial charge in [0.15, 0.2) is 0 Å². The molecule has 0 fully saturated rings. The number of rotatable bonds is 5. The fourth-order valence-electron chi connectivity index (χ4n) is 1.52. The summed E-state index contributed by atoms with van der Waals surface area (Å²) >= 11 is 0. The van der Waals surface area contributed by atoms with Crippen molar-refractivity contribution in [1.82, 2.24) is 9.97 Å². The average Bonchev–Trinajstić information content (AvgIpc) is 2.27. The summed E-state index contributed by atoms with van der Waals surface area (Å²) in [5.74, 6) is 0.371. The van der Waals surface area contributed by atoms with Gasteiger partial charge in [0.1, 0.15) is 18.2 Å². The third-order valence-corrected chi connectivity index (χ3v) is 2.49. The number of ether oxygens (including phenoxy) is 1. The van der Waals surface area contributed by atoms with Crippen LogP contribution in [0.25, 0.3) is 0 Å². The Morgan fingerprint density at radius 1 is 1.42 bits per heavy atom. The van der Waals surface area contributed by atoms with Crippen LogP contribution in [0.2, 0.25) is 0 Å². The lowest BCUT2D eigenvalue weighted by Crippen LogP contribution is -2.28. The minimum atomic E-state index is -0.897. The summed E-state index contributed by atoms with van der Waals surface area (Å²) in [5.41, 5.74) is 0.539. The van der Waals surface area contributed by atoms with E-state index in [4.69, 9.17) is 9.84 Å². The highest BCUT2D eigenvalue weighted by atomic mass is 16.5. The van der Waals surface area contributed by atoms with Crippen LogP contribution in [0.15, 0.2) is 6.07 Å². The van der Waals surface area contributed by atoms with Crippen LogP contribution in [0.5, 0.6) is 0 Å². The van der Waals surface area contributed by atoms with Gasteiger partial charge in [0, 0.05) is 25.6 Å². The minimum Gasteiger partial charge on any atom is -0.480 e. The molecule has 0 aliphatic heterocycles. The van der Waals surface area contributed by atoms with Gasteiger partial charge in [-0.2, -0.15) is 0 Å². The van der Waals surface area contributed by atoms with Gasteiger partial charge in [-0.05, 0) is 0 Å². The van der Waals surface area contributed by atoms with E-state index >= 15 is 0 Å². The lowest BCUT2D eigenvalue weighted by molar-refractivity contribution is -0.135. The Hall–Kier alpha value is -1.69. The van der Waals surface area contributed by atoms with Gasteiger partial charge in [-0.25, -0.2) is 9.97 Å². The zero-order valence-corrected chi connectivity index (χ0v) is 12.1. The normalized spacial score (nSPS) is 11.4. The molecule has 1 aromatic rings. The third-order valence-electron chi connectivity index (χ3n) is 2.49. The van der Waals surface area contributed by atoms with Crippen molar-refractivity contribution in [3.05, 3.63) is 17.6 Å². The van der Waals surface area contributed by atoms with E-state index in [2.05, 4.69) is 9.97 Å². The number of nitrogens with zero attached hydrogens (tertiary/aromatic N) is 3. The number of likely N-dealkylation sites (N-methyl/N-ethyl adjacent to an activating group) is 1. The molecular formula is C13H21N3O3. The van der Waals surface area contributed by atoms with Gasteiger partial charge in [0.25, 0.3) is 0 Å². The molecule has 0 saturated carbocycles. The molecule has 0 bridgehead atoms. The predicted molar refractivity (Wildman–Crippen MR) is 72.4 cm³/mol. The van der Waals surface area contributed by atoms with Gasteiger partial charge in [-0.1, -0.05) is 20.8 Å². The average molecular weight is 267 g/mol. The van der Waals surface area contributed by atoms with Gasteiger partial charge in [0.05, 0.1) is 12.3 Å². The van der Waals surface area contributed by atoms with Gasteiger partial charge >= 0.3 is 5.97 Å². The van der Waals surface area contributed by atoms with Crippen LogP contribution in [-0.4, -0.2) is 41.7 Å². The fraction of sp³-hybridized carbons (Fsp3) is 0.615. The van der Waals surface area contributed by atoms with E-state index in [0.29, 0.717) is 18.2 Å². The molecule has 0 aromatic carbocycles. The van der Waals surface area contributed by atoms with Crippen LogP contribution in [0, 0.1) is 0 Å². The van der Waals surface area contributed by atoms with Crippen molar-refractivity contribution in [3.63, 3.8) is 0 Å². The zero-order valence-electron chi connectivity index (χ0n) is 12.1. The number of aliphatic carboxylic acids is 1. The summed E-state index contributed by atoms with van der Waals surface area (Å²) in [6.07, 6.45) is 0. The second-order valence-electron chi connectivity index (χ2n) is 5.47. The zero-order chi connectivity index (χ0) is 14.6. The molecular weight excluding hydrogens is 246 g/mol. The summed E-state index contributed by atoms with van der Waals surface area (Å²) < 4.78 is 5.09. The number of hydrogen-bond donors (Lipinski definition) is 1. The highest BCUT2D eigenvalue weighted by Gasteiger charge is 2.20. The highest BCUT2D eigenvalue weighted by molar-refractivity contribution is 5.72. The quantitative estimate of drug-likeness (QED) is 0.870. The maximum absolute atomic E-state index is 10.8. The Kier molecular flexibility index (Phi) is 4.83. The molecule has 106 valence electrons. The second kappa shape index (κ2) is 5.97. The molecule has 0 aliphatic rings. The van der Waals surface area contributed by atoms with Gasteiger partial charge in [-0.3, -0.25) is 4.79 Å². The first kappa shape index (κ1) is 15.4. The molecule has 1 rings (SSSR count). The summed E-state index contributed by atoms with van der Waals surface area (Å²) in [6.45, 7) is 6.31. The summed E-state index contributed by atoms with van der Waals surface area (Å²) in [4.78, 5) is 21.2. The molecule has 0 amide bonds. The Morgan fingerprint density at radius 2 is 2.05 bits per heavy atom. The van der Waals surface area contributed by atoms with Gasteiger partial charge < -0.3 is 14.7 Å². The fourth-order valence-corrected chi connectivity index (χ4v) is 1.52. The molecule has 1 N–H and O–H groups in total. The Morgan fingerprint density at radius 3 is 2.53 bits per heavy atom. The summed E-state index contributed by atoms with van der Waals surface area (Å²) in [7, 11) is 3.29. The molecule has 19 heavy (non-hydrogen) atoms. The number of hydrogen-bond acceptors (Lipinski definition) is 5. The molecule has 0 saturated heterocycles. The number of methoxy groups -OCH3 is 1. The van der Waals surface area contributed by atoms with Crippen molar-refractivity contribution >= 4 is 11.8 Å². The number of anilines is 1. The van der Waals surface area contributed by atoms with Crippen LogP contribution in [0.3, 0.4) is 0 Å². The van der Waals surface area contributed by atoms with E-state index in [1.54, 1.807) is 25.1 Å². The van der Waals surface area contributed by atoms with Crippen molar-refractivity contribution in [2.75, 3.05) is 25.6 Å². The second-order valence-corrected chi connectivity index (χ2v) is 5.47. The number of carboxylic acid groups (broad SMARTS) is 1. The van der Waals surface area contributed by atoms with Crippen LogP contribution >= 0.6 is 0 Å². The first-order valence-corrected chi connectivity index (χ1v) is 6.04. The lowest BCUT2D eigenvalue weighted by atomic mass is 9.95. The summed E-state index contributed by atoms with van der Waals surface area (Å²) in [5, 5.41) is 8.84. The predicted octanol–water partition coefficient (Wildman–Crippen LogP) is 1.44. The van der Waals surface area contributed by atoms with E-state index < -0.39 is 5.97 Å². The molecule has 0 atom stereocenters. The number of aromatic nitrogens is 2. The van der Waals surface area contributed by atoms with E-state index in [1.807, 2.05) is 20.8 Å². The molecule has 0 radical (unpaired) electrons. The first-order valence-electron chi connectivity index (χ1n) is 6.04. The lowest BCUT2D eigenvalue weighted by Gasteiger charge is -2.22. The molecule has 0 spiro atoms. The monoisotopic (exact) mass is 267 g/mol. The topological polar surface area (TPSA) is 75.5 Å². The van der Waals surface area contributed by atoms with Crippen molar-refractivity contribution in [1.29, 1.82) is 0 Å². The van der Waals surface area contributed by atoms with Crippen molar-refractivity contribution in [3.8, 4) is 0 Å². The Balaban J connectivity index is 3.16. The highest BCUT2D eigenvalue weighted by Crippen LogP contribution is 2.22. The number of carbonyl (C=O) groups is 1. The van der Waals surface area contributed by atoms with Crippen LogP contribution in [-0.2, 0) is 21.6 Å². The van der Waals surface area contributed by atoms with Crippen molar-refractivity contribution in [2.45, 2.75) is 32.8 Å². The minimum absolute atomic E-state index is 0.104. The molecule has 6 nitrogen and oxygen atoms in total.